The third kappa shape index (κ3) is 3.81. The first-order valence-electron chi connectivity index (χ1n) is 9.59. The van der Waals surface area contributed by atoms with Crippen LogP contribution in [0.15, 0.2) is 53.3 Å². The van der Waals surface area contributed by atoms with Crippen molar-refractivity contribution in [2.45, 2.75) is 20.4 Å². The van der Waals surface area contributed by atoms with Crippen molar-refractivity contribution in [3.8, 4) is 5.69 Å². The number of hydrogen-bond acceptors (Lipinski definition) is 4. The number of carboxylic acid groups (broad SMARTS) is 1. The second-order valence-corrected chi connectivity index (χ2v) is 8.21. The Morgan fingerprint density at radius 2 is 1.62 bits per heavy atom. The van der Waals surface area contributed by atoms with Crippen molar-refractivity contribution >= 4 is 45.7 Å². The molecule has 1 N–H and O–H groups in total. The van der Waals surface area contributed by atoms with Crippen LogP contribution in [0.2, 0.25) is 10.0 Å². The van der Waals surface area contributed by atoms with Crippen LogP contribution in [0.25, 0.3) is 16.5 Å². The number of aromatic carboxylic acids is 1. The molecule has 2 aromatic heterocycles. The van der Waals surface area contributed by atoms with Gasteiger partial charge in [0.2, 0.25) is 0 Å². The Morgan fingerprint density at radius 3 is 2.25 bits per heavy atom. The van der Waals surface area contributed by atoms with Gasteiger partial charge in [0, 0.05) is 38.1 Å². The van der Waals surface area contributed by atoms with Gasteiger partial charge < -0.3 is 9.67 Å². The number of aromatic nitrogens is 3. The Hall–Kier alpha value is -3.42. The number of ketones is 1. The van der Waals surface area contributed by atoms with Crippen molar-refractivity contribution in [2.24, 2.45) is 0 Å². The molecule has 0 bridgehead atoms. The molecule has 4 aromatic rings. The predicted molar refractivity (Wildman–Crippen MR) is 123 cm³/mol. The minimum atomic E-state index is -1.28. The summed E-state index contributed by atoms with van der Waals surface area (Å²) in [5.41, 5.74) is 1.68. The predicted octanol–water partition coefficient (Wildman–Crippen LogP) is 4.69. The Balaban J connectivity index is 1.78. The van der Waals surface area contributed by atoms with Crippen molar-refractivity contribution in [1.82, 2.24) is 14.3 Å². The van der Waals surface area contributed by atoms with Crippen LogP contribution in [0.5, 0.6) is 0 Å². The maximum atomic E-state index is 13.1. The van der Waals surface area contributed by atoms with E-state index in [1.165, 1.54) is 12.1 Å². The van der Waals surface area contributed by atoms with Gasteiger partial charge in [-0.2, -0.15) is 5.10 Å². The van der Waals surface area contributed by atoms with Gasteiger partial charge in [-0.05, 0) is 44.2 Å². The number of fused-ring (bicyclic) bond motifs is 1. The first-order chi connectivity index (χ1) is 15.2. The molecule has 162 valence electrons. The number of benzene rings is 2. The van der Waals surface area contributed by atoms with E-state index in [1.54, 1.807) is 43.3 Å². The second-order valence-electron chi connectivity index (χ2n) is 7.33. The van der Waals surface area contributed by atoms with Crippen LogP contribution >= 0.6 is 23.2 Å². The fraction of sp³-hybridized carbons (Fsp3) is 0.130. The van der Waals surface area contributed by atoms with E-state index in [1.807, 2.05) is 11.5 Å². The van der Waals surface area contributed by atoms with Gasteiger partial charge in [0.05, 0.1) is 5.39 Å². The van der Waals surface area contributed by atoms with Gasteiger partial charge in [-0.15, -0.1) is 0 Å². The van der Waals surface area contributed by atoms with Crippen LogP contribution in [0.3, 0.4) is 0 Å². The quantitative estimate of drug-likeness (QED) is 0.427. The molecule has 0 spiro atoms. The molecule has 0 unspecified atom stereocenters. The zero-order valence-electron chi connectivity index (χ0n) is 17.1. The van der Waals surface area contributed by atoms with Gasteiger partial charge in [-0.1, -0.05) is 41.4 Å². The standard InChI is InChI=1S/C23H17Cl2N3O4/c1-12-7-19(13(2)28(12)16-9-14(24)8-15(25)10-16)20(29)11-27-22(30)18-6-4-3-5-17(18)21(26-27)23(31)32/h3-10H,11H2,1-2H3,(H,31,32). The SMILES string of the molecule is Cc1cc(C(=O)Cn2nc(C(=O)O)c3ccccc3c2=O)c(C)n1-c1cc(Cl)cc(Cl)c1. The van der Waals surface area contributed by atoms with E-state index in [4.69, 9.17) is 23.2 Å². The van der Waals surface area contributed by atoms with Crippen molar-refractivity contribution in [3.63, 3.8) is 0 Å². The average Bonchev–Trinajstić information content (AvgIpc) is 3.03. The lowest BCUT2D eigenvalue weighted by atomic mass is 10.1. The van der Waals surface area contributed by atoms with E-state index in [-0.39, 0.29) is 22.2 Å². The van der Waals surface area contributed by atoms with E-state index in [2.05, 4.69) is 5.10 Å². The highest BCUT2D eigenvalue weighted by Crippen LogP contribution is 2.27. The van der Waals surface area contributed by atoms with Crippen LogP contribution in [0.4, 0.5) is 0 Å². The van der Waals surface area contributed by atoms with Gasteiger partial charge in [0.15, 0.2) is 11.5 Å². The molecule has 9 heteroatoms. The average molecular weight is 470 g/mol. The zero-order valence-corrected chi connectivity index (χ0v) is 18.6. The summed E-state index contributed by atoms with van der Waals surface area (Å²) >= 11 is 12.3. The van der Waals surface area contributed by atoms with Gasteiger partial charge in [-0.25, -0.2) is 9.48 Å². The number of halogens is 2. The van der Waals surface area contributed by atoms with Gasteiger partial charge in [0.25, 0.3) is 5.56 Å². The number of aryl methyl sites for hydroxylation is 1. The molecule has 0 aliphatic carbocycles. The number of carbonyl (C=O) groups is 2. The fourth-order valence-electron chi connectivity index (χ4n) is 3.83. The van der Waals surface area contributed by atoms with E-state index >= 15 is 0 Å². The van der Waals surface area contributed by atoms with Gasteiger partial charge >= 0.3 is 5.97 Å². The van der Waals surface area contributed by atoms with Crippen LogP contribution < -0.4 is 5.56 Å². The fourth-order valence-corrected chi connectivity index (χ4v) is 4.35. The number of rotatable bonds is 5. The highest BCUT2D eigenvalue weighted by molar-refractivity contribution is 6.34. The summed E-state index contributed by atoms with van der Waals surface area (Å²) in [5.74, 6) is -1.66. The summed E-state index contributed by atoms with van der Waals surface area (Å²) in [7, 11) is 0. The summed E-state index contributed by atoms with van der Waals surface area (Å²) in [5, 5.41) is 14.8. The minimum Gasteiger partial charge on any atom is -0.476 e. The highest BCUT2D eigenvalue weighted by atomic mass is 35.5. The molecule has 0 radical (unpaired) electrons. The van der Waals surface area contributed by atoms with Crippen molar-refractivity contribution < 1.29 is 14.7 Å². The van der Waals surface area contributed by atoms with E-state index in [9.17, 15) is 19.5 Å². The van der Waals surface area contributed by atoms with Crippen molar-refractivity contribution in [3.05, 3.63) is 91.6 Å². The molecule has 0 amide bonds. The molecule has 2 aromatic carbocycles. The van der Waals surface area contributed by atoms with E-state index in [0.29, 0.717) is 27.0 Å². The number of nitrogens with zero attached hydrogens (tertiary/aromatic N) is 3. The minimum absolute atomic E-state index is 0.187. The summed E-state index contributed by atoms with van der Waals surface area (Å²) in [6, 6.07) is 13.1. The van der Waals surface area contributed by atoms with Gasteiger partial charge in [0.1, 0.15) is 6.54 Å². The molecule has 0 aliphatic rings. The maximum Gasteiger partial charge on any atom is 0.357 e. The molecule has 4 rings (SSSR count). The normalized spacial score (nSPS) is 11.1. The summed E-state index contributed by atoms with van der Waals surface area (Å²) in [6.45, 7) is 3.21. The van der Waals surface area contributed by atoms with Crippen LogP contribution in [-0.2, 0) is 6.54 Å². The molecule has 7 nitrogen and oxygen atoms in total. The Morgan fingerprint density at radius 1 is 1.00 bits per heavy atom. The Bertz CT molecular complexity index is 1450. The molecular formula is C23H17Cl2N3O4. The maximum absolute atomic E-state index is 13.1. The van der Waals surface area contributed by atoms with Gasteiger partial charge in [-0.3, -0.25) is 9.59 Å². The highest BCUT2D eigenvalue weighted by Gasteiger charge is 2.21. The zero-order chi connectivity index (χ0) is 23.2. The largest absolute Gasteiger partial charge is 0.476 e. The topological polar surface area (TPSA) is 94.2 Å². The number of carboxylic acids is 1. The number of Topliss-reactive ketones (excluding diaryl/α,β-unsaturated/α-hetero) is 1. The molecule has 0 saturated heterocycles. The number of carbonyl (C=O) groups excluding carboxylic acids is 1. The van der Waals surface area contributed by atoms with Crippen molar-refractivity contribution in [2.75, 3.05) is 0 Å². The molecule has 0 fully saturated rings. The lowest BCUT2D eigenvalue weighted by molar-refractivity contribution is 0.0688. The first-order valence-corrected chi connectivity index (χ1v) is 10.3. The van der Waals surface area contributed by atoms with Crippen molar-refractivity contribution in [1.29, 1.82) is 0 Å². The third-order valence-electron chi connectivity index (χ3n) is 5.20. The Kier molecular flexibility index (Phi) is 5.62. The Labute approximate surface area is 192 Å². The molecule has 2 heterocycles. The molecule has 0 atom stereocenters. The molecular weight excluding hydrogens is 453 g/mol. The summed E-state index contributed by atoms with van der Waals surface area (Å²) < 4.78 is 2.74. The van der Waals surface area contributed by atoms with E-state index < -0.39 is 18.1 Å². The number of hydrogen-bond donors (Lipinski definition) is 1. The molecule has 0 aliphatic heterocycles. The second kappa shape index (κ2) is 8.26. The summed E-state index contributed by atoms with van der Waals surface area (Å²) in [6.07, 6.45) is 0. The third-order valence-corrected chi connectivity index (χ3v) is 5.64. The van der Waals surface area contributed by atoms with E-state index in [0.717, 1.165) is 10.4 Å². The summed E-state index contributed by atoms with van der Waals surface area (Å²) in [4.78, 5) is 37.6. The first kappa shape index (κ1) is 21.8. The lowest BCUT2D eigenvalue weighted by Crippen LogP contribution is -2.29. The molecule has 0 saturated carbocycles. The smallest absolute Gasteiger partial charge is 0.357 e. The van der Waals surface area contributed by atoms with Crippen LogP contribution in [0, 0.1) is 13.8 Å². The molecule has 32 heavy (non-hydrogen) atoms. The lowest BCUT2D eigenvalue weighted by Gasteiger charge is -2.11. The van der Waals surface area contributed by atoms with Crippen LogP contribution in [-0.4, -0.2) is 31.2 Å². The van der Waals surface area contributed by atoms with Crippen LogP contribution in [0.1, 0.15) is 32.2 Å². The monoisotopic (exact) mass is 469 g/mol.